The van der Waals surface area contributed by atoms with E-state index in [0.717, 1.165) is 19.3 Å². The summed E-state index contributed by atoms with van der Waals surface area (Å²) in [6.45, 7) is 2.12. The van der Waals surface area contributed by atoms with E-state index in [-0.39, 0.29) is 23.2 Å². The monoisotopic (exact) mass is 193 g/mol. The van der Waals surface area contributed by atoms with Crippen molar-refractivity contribution in [3.8, 4) is 6.07 Å². The predicted molar refractivity (Wildman–Crippen MR) is 50.1 cm³/mol. The molecule has 0 aliphatic heterocycles. The van der Waals surface area contributed by atoms with Gasteiger partial charge in [-0.25, -0.2) is 0 Å². The van der Waals surface area contributed by atoms with Gasteiger partial charge in [-0.2, -0.15) is 5.26 Å². The number of ether oxygens (including phenoxy) is 1. The number of carbonyl (C=O) groups is 1. The molecule has 2 aliphatic rings. The van der Waals surface area contributed by atoms with Crippen molar-refractivity contribution < 1.29 is 9.53 Å². The first-order valence-electron chi connectivity index (χ1n) is 5.08. The molecule has 0 saturated heterocycles. The maximum Gasteiger partial charge on any atom is 0.309 e. The molecule has 0 N–H and O–H groups in total. The third-order valence-corrected chi connectivity index (χ3v) is 4.02. The van der Waals surface area contributed by atoms with Crippen molar-refractivity contribution in [1.29, 1.82) is 5.26 Å². The van der Waals surface area contributed by atoms with Gasteiger partial charge in [0.25, 0.3) is 0 Å². The number of hydrogen-bond donors (Lipinski definition) is 0. The van der Waals surface area contributed by atoms with Gasteiger partial charge in [-0.3, -0.25) is 4.79 Å². The van der Waals surface area contributed by atoms with E-state index in [2.05, 4.69) is 13.0 Å². The molecule has 3 nitrogen and oxygen atoms in total. The third kappa shape index (κ3) is 1.13. The van der Waals surface area contributed by atoms with Gasteiger partial charge in [-0.1, -0.05) is 6.92 Å². The molecular weight excluding hydrogens is 178 g/mol. The first kappa shape index (κ1) is 9.51. The molecular formula is C11H15NO2. The summed E-state index contributed by atoms with van der Waals surface area (Å²) in [5, 5.41) is 8.92. The highest BCUT2D eigenvalue weighted by atomic mass is 16.5. The summed E-state index contributed by atoms with van der Waals surface area (Å²) in [5.74, 6) is 0.531. The fraction of sp³-hybridized carbons (Fsp3) is 0.818. The van der Waals surface area contributed by atoms with Crippen LogP contribution in [0.5, 0.6) is 0 Å². The fourth-order valence-corrected chi connectivity index (χ4v) is 3.29. The lowest BCUT2D eigenvalue weighted by molar-refractivity contribution is -0.149. The van der Waals surface area contributed by atoms with Gasteiger partial charge in [-0.15, -0.1) is 0 Å². The van der Waals surface area contributed by atoms with E-state index in [4.69, 9.17) is 10.00 Å². The fourth-order valence-electron chi connectivity index (χ4n) is 3.29. The van der Waals surface area contributed by atoms with Crippen molar-refractivity contribution in [2.75, 3.05) is 7.11 Å². The molecule has 0 amide bonds. The minimum atomic E-state index is -0.0913. The summed E-state index contributed by atoms with van der Waals surface area (Å²) in [6.07, 6.45) is 2.74. The van der Waals surface area contributed by atoms with Crippen LogP contribution in [0.1, 0.15) is 26.2 Å². The van der Waals surface area contributed by atoms with Crippen LogP contribution in [0.4, 0.5) is 0 Å². The second-order valence-electron chi connectivity index (χ2n) is 4.87. The maximum absolute atomic E-state index is 11.5. The van der Waals surface area contributed by atoms with E-state index in [1.165, 1.54) is 7.11 Å². The van der Waals surface area contributed by atoms with Crippen LogP contribution in [0, 0.1) is 34.5 Å². The van der Waals surface area contributed by atoms with Crippen molar-refractivity contribution in [2.24, 2.45) is 23.2 Å². The van der Waals surface area contributed by atoms with E-state index in [1.54, 1.807) is 0 Å². The largest absolute Gasteiger partial charge is 0.469 e. The predicted octanol–water partition coefficient (Wildman–Crippen LogP) is 1.74. The number of fused-ring (bicyclic) bond motifs is 2. The molecule has 2 rings (SSSR count). The lowest BCUT2D eigenvalue weighted by atomic mass is 9.73. The Bertz CT molecular complexity index is 307. The minimum absolute atomic E-state index is 0.0259. The Labute approximate surface area is 84.0 Å². The molecule has 0 aromatic heterocycles. The molecule has 0 heterocycles. The Morgan fingerprint density at radius 3 is 2.71 bits per heavy atom. The van der Waals surface area contributed by atoms with Gasteiger partial charge in [0.05, 0.1) is 19.1 Å². The molecule has 2 saturated carbocycles. The molecule has 4 unspecified atom stereocenters. The Balaban J connectivity index is 2.17. The average Bonchev–Trinajstić information content (AvgIpc) is 2.67. The number of nitriles is 1. The molecule has 0 spiro atoms. The van der Waals surface area contributed by atoms with E-state index in [9.17, 15) is 4.79 Å². The molecule has 76 valence electrons. The molecule has 14 heavy (non-hydrogen) atoms. The maximum atomic E-state index is 11.5. The quantitative estimate of drug-likeness (QED) is 0.596. The van der Waals surface area contributed by atoms with Crippen LogP contribution in [0.15, 0.2) is 0 Å². The molecule has 2 bridgehead atoms. The number of carbonyl (C=O) groups excluding carboxylic acids is 1. The van der Waals surface area contributed by atoms with Crippen molar-refractivity contribution in [3.05, 3.63) is 0 Å². The normalized spacial score (nSPS) is 44.8. The summed E-state index contributed by atoms with van der Waals surface area (Å²) in [7, 11) is 1.44. The second-order valence-corrected chi connectivity index (χ2v) is 4.87. The van der Waals surface area contributed by atoms with Crippen LogP contribution in [-0.2, 0) is 9.53 Å². The number of methoxy groups -OCH3 is 1. The van der Waals surface area contributed by atoms with Gasteiger partial charge in [-0.05, 0) is 30.6 Å². The Morgan fingerprint density at radius 2 is 2.29 bits per heavy atom. The first-order valence-corrected chi connectivity index (χ1v) is 5.08. The van der Waals surface area contributed by atoms with E-state index in [1.807, 2.05) is 0 Å². The van der Waals surface area contributed by atoms with E-state index < -0.39 is 0 Å². The Kier molecular flexibility index (Phi) is 2.02. The number of nitrogens with zero attached hydrogens (tertiary/aromatic N) is 1. The van der Waals surface area contributed by atoms with Crippen molar-refractivity contribution in [1.82, 2.24) is 0 Å². The van der Waals surface area contributed by atoms with Crippen LogP contribution in [-0.4, -0.2) is 13.1 Å². The highest BCUT2D eigenvalue weighted by Crippen LogP contribution is 2.60. The Hall–Kier alpha value is -1.04. The van der Waals surface area contributed by atoms with Crippen LogP contribution in [0.2, 0.25) is 0 Å². The first-order chi connectivity index (χ1) is 6.60. The lowest BCUT2D eigenvalue weighted by Crippen LogP contribution is -2.32. The second kappa shape index (κ2) is 2.98. The van der Waals surface area contributed by atoms with E-state index >= 15 is 0 Å². The zero-order valence-corrected chi connectivity index (χ0v) is 8.62. The average molecular weight is 193 g/mol. The number of esters is 1. The van der Waals surface area contributed by atoms with Gasteiger partial charge < -0.3 is 4.74 Å². The molecule has 2 aliphatic carbocycles. The molecule has 4 atom stereocenters. The topological polar surface area (TPSA) is 50.1 Å². The summed E-state index contributed by atoms with van der Waals surface area (Å²) in [5.41, 5.74) is 0.0259. The molecule has 2 fully saturated rings. The van der Waals surface area contributed by atoms with Gasteiger partial charge in [0.2, 0.25) is 0 Å². The van der Waals surface area contributed by atoms with Gasteiger partial charge in [0.15, 0.2) is 0 Å². The molecule has 3 heteroatoms. The van der Waals surface area contributed by atoms with Gasteiger partial charge in [0.1, 0.15) is 0 Å². The highest BCUT2D eigenvalue weighted by molar-refractivity contribution is 5.74. The number of rotatable bonds is 1. The summed E-state index contributed by atoms with van der Waals surface area (Å²) in [6, 6.07) is 2.35. The minimum Gasteiger partial charge on any atom is -0.469 e. The Morgan fingerprint density at radius 1 is 1.57 bits per heavy atom. The van der Waals surface area contributed by atoms with E-state index in [0.29, 0.717) is 5.92 Å². The summed E-state index contributed by atoms with van der Waals surface area (Å²) in [4.78, 5) is 11.5. The van der Waals surface area contributed by atoms with Crippen LogP contribution in [0.25, 0.3) is 0 Å². The van der Waals surface area contributed by atoms with Gasteiger partial charge in [0, 0.05) is 5.92 Å². The zero-order valence-electron chi connectivity index (χ0n) is 8.62. The van der Waals surface area contributed by atoms with Crippen LogP contribution < -0.4 is 0 Å². The SMILES string of the molecule is COC(=O)C1CC2CC1(C)CC2C#N. The van der Waals surface area contributed by atoms with Crippen LogP contribution >= 0.6 is 0 Å². The van der Waals surface area contributed by atoms with Crippen molar-refractivity contribution in [3.63, 3.8) is 0 Å². The van der Waals surface area contributed by atoms with Crippen molar-refractivity contribution >= 4 is 5.97 Å². The summed E-state index contributed by atoms with van der Waals surface area (Å²) >= 11 is 0. The summed E-state index contributed by atoms with van der Waals surface area (Å²) < 4.78 is 4.80. The lowest BCUT2D eigenvalue weighted by Gasteiger charge is -2.30. The number of hydrogen-bond acceptors (Lipinski definition) is 3. The standard InChI is InChI=1S/C11H15NO2/c1-11-4-7(8(5-11)6-12)3-9(11)10(13)14-2/h7-9H,3-5H2,1-2H3. The van der Waals surface area contributed by atoms with Crippen LogP contribution in [0.3, 0.4) is 0 Å². The molecule has 0 aromatic rings. The smallest absolute Gasteiger partial charge is 0.309 e. The van der Waals surface area contributed by atoms with Gasteiger partial charge >= 0.3 is 5.97 Å². The third-order valence-electron chi connectivity index (χ3n) is 4.02. The zero-order chi connectivity index (χ0) is 10.3. The van der Waals surface area contributed by atoms with Crippen molar-refractivity contribution in [2.45, 2.75) is 26.2 Å². The molecule has 0 radical (unpaired) electrons. The highest BCUT2D eigenvalue weighted by Gasteiger charge is 2.56. The molecule has 0 aromatic carbocycles.